The zero-order valence-electron chi connectivity index (χ0n) is 9.75. The van der Waals surface area contributed by atoms with E-state index in [1.165, 1.54) is 0 Å². The number of carboxylic acids is 1. The minimum atomic E-state index is -4.23. The Labute approximate surface area is 107 Å². The maximum Gasteiger partial charge on any atom is 0.339 e. The summed E-state index contributed by atoms with van der Waals surface area (Å²) in [5.41, 5.74) is -0.619. The van der Waals surface area contributed by atoms with Crippen LogP contribution in [-0.2, 0) is 10.0 Å². The van der Waals surface area contributed by atoms with E-state index >= 15 is 0 Å². The highest BCUT2D eigenvalue weighted by Crippen LogP contribution is 2.23. The number of hydrogen-bond donors (Lipinski definition) is 2. The Morgan fingerprint density at radius 2 is 2.00 bits per heavy atom. The van der Waals surface area contributed by atoms with Crippen LogP contribution in [0.2, 0.25) is 0 Å². The third-order valence-corrected chi connectivity index (χ3v) is 4.12. The number of halogens is 2. The number of alkyl halides is 2. The van der Waals surface area contributed by atoms with Crippen LogP contribution in [0.25, 0.3) is 0 Å². The molecule has 0 aromatic heterocycles. The molecule has 0 radical (unpaired) electrons. The number of nitrogens with zero attached hydrogens (tertiary/aromatic N) is 1. The van der Waals surface area contributed by atoms with Crippen LogP contribution >= 0.6 is 0 Å². The summed E-state index contributed by atoms with van der Waals surface area (Å²) in [7, 11) is -3.27. The minimum Gasteiger partial charge on any atom is -0.507 e. The first-order chi connectivity index (χ1) is 8.66. The van der Waals surface area contributed by atoms with E-state index in [-0.39, 0.29) is 0 Å². The molecule has 0 amide bonds. The Hall–Kier alpha value is -1.74. The van der Waals surface area contributed by atoms with Crippen LogP contribution < -0.4 is 0 Å². The molecule has 106 valence electrons. The van der Waals surface area contributed by atoms with E-state index in [9.17, 15) is 27.1 Å². The standard InChI is InChI=1S/C10H11F2NO5S/c1-13(5-9(11)12)19(17,18)6-2-3-8(14)7(4-6)10(15)16/h2-4,9,14H,5H2,1H3,(H,15,16). The fourth-order valence-electron chi connectivity index (χ4n) is 1.32. The molecule has 0 fully saturated rings. The van der Waals surface area contributed by atoms with Crippen molar-refractivity contribution in [2.45, 2.75) is 11.3 Å². The second kappa shape index (κ2) is 5.49. The van der Waals surface area contributed by atoms with E-state index in [1.807, 2.05) is 0 Å². The lowest BCUT2D eigenvalue weighted by molar-refractivity contribution is 0.0693. The van der Waals surface area contributed by atoms with Gasteiger partial charge in [-0.05, 0) is 18.2 Å². The van der Waals surface area contributed by atoms with Crippen LogP contribution in [0.3, 0.4) is 0 Å². The monoisotopic (exact) mass is 295 g/mol. The second-order valence-electron chi connectivity index (χ2n) is 3.66. The molecule has 0 aliphatic heterocycles. The maximum atomic E-state index is 12.2. The van der Waals surface area contributed by atoms with Gasteiger partial charge in [0.2, 0.25) is 10.0 Å². The zero-order chi connectivity index (χ0) is 14.8. The van der Waals surface area contributed by atoms with E-state index in [1.54, 1.807) is 0 Å². The molecular weight excluding hydrogens is 284 g/mol. The molecule has 0 bridgehead atoms. The molecule has 2 N–H and O–H groups in total. The van der Waals surface area contributed by atoms with Crippen molar-refractivity contribution in [2.75, 3.05) is 13.6 Å². The molecular formula is C10H11F2NO5S. The third-order valence-electron chi connectivity index (χ3n) is 2.30. The highest BCUT2D eigenvalue weighted by molar-refractivity contribution is 7.89. The van der Waals surface area contributed by atoms with Gasteiger partial charge in [-0.2, -0.15) is 4.31 Å². The van der Waals surface area contributed by atoms with Crippen molar-refractivity contribution in [2.24, 2.45) is 0 Å². The molecule has 1 aromatic rings. The Morgan fingerprint density at radius 1 is 1.42 bits per heavy atom. The number of aromatic carboxylic acids is 1. The summed E-state index contributed by atoms with van der Waals surface area (Å²) in [6.45, 7) is -1.01. The van der Waals surface area contributed by atoms with Gasteiger partial charge in [0.05, 0.1) is 11.4 Å². The summed E-state index contributed by atoms with van der Waals surface area (Å²) in [5, 5.41) is 18.0. The van der Waals surface area contributed by atoms with Gasteiger partial charge < -0.3 is 10.2 Å². The van der Waals surface area contributed by atoms with Crippen LogP contribution in [0, 0.1) is 0 Å². The lowest BCUT2D eigenvalue weighted by atomic mass is 10.2. The highest BCUT2D eigenvalue weighted by atomic mass is 32.2. The van der Waals surface area contributed by atoms with Crippen LogP contribution in [0.1, 0.15) is 10.4 Å². The first-order valence-corrected chi connectivity index (χ1v) is 6.41. The molecule has 0 spiro atoms. The largest absolute Gasteiger partial charge is 0.507 e. The topological polar surface area (TPSA) is 94.9 Å². The predicted molar refractivity (Wildman–Crippen MR) is 60.9 cm³/mol. The summed E-state index contributed by atoms with van der Waals surface area (Å²) in [5.74, 6) is -2.13. The number of aromatic hydroxyl groups is 1. The average Bonchev–Trinajstić information content (AvgIpc) is 2.27. The maximum absolute atomic E-state index is 12.2. The Bertz CT molecular complexity index is 588. The lowest BCUT2D eigenvalue weighted by Gasteiger charge is -2.17. The molecule has 19 heavy (non-hydrogen) atoms. The minimum absolute atomic E-state index is 0.412. The number of phenols is 1. The van der Waals surface area contributed by atoms with Gasteiger partial charge >= 0.3 is 5.97 Å². The van der Waals surface area contributed by atoms with Crippen molar-refractivity contribution in [3.8, 4) is 5.75 Å². The smallest absolute Gasteiger partial charge is 0.339 e. The molecule has 6 nitrogen and oxygen atoms in total. The molecule has 0 atom stereocenters. The molecule has 0 heterocycles. The van der Waals surface area contributed by atoms with E-state index in [0.29, 0.717) is 4.31 Å². The second-order valence-corrected chi connectivity index (χ2v) is 5.71. The van der Waals surface area contributed by atoms with Gasteiger partial charge in [-0.25, -0.2) is 22.0 Å². The number of benzene rings is 1. The molecule has 0 aliphatic carbocycles. The van der Waals surface area contributed by atoms with Crippen molar-refractivity contribution >= 4 is 16.0 Å². The van der Waals surface area contributed by atoms with Crippen LogP contribution in [-0.4, -0.2) is 48.9 Å². The third kappa shape index (κ3) is 3.38. The van der Waals surface area contributed by atoms with E-state index in [2.05, 4.69) is 0 Å². The van der Waals surface area contributed by atoms with Crippen molar-refractivity contribution in [1.29, 1.82) is 0 Å². The first-order valence-electron chi connectivity index (χ1n) is 4.97. The van der Waals surface area contributed by atoms with Crippen LogP contribution in [0.4, 0.5) is 8.78 Å². The number of sulfonamides is 1. The SMILES string of the molecule is CN(CC(F)F)S(=O)(=O)c1ccc(O)c(C(=O)O)c1. The van der Waals surface area contributed by atoms with E-state index in [4.69, 9.17) is 5.11 Å². The summed E-state index contributed by atoms with van der Waals surface area (Å²) >= 11 is 0. The van der Waals surface area contributed by atoms with Gasteiger partial charge in [-0.3, -0.25) is 0 Å². The van der Waals surface area contributed by atoms with Crippen LogP contribution in [0.15, 0.2) is 23.1 Å². The van der Waals surface area contributed by atoms with Gasteiger partial charge in [0.15, 0.2) is 0 Å². The molecule has 0 saturated heterocycles. The molecule has 0 saturated carbocycles. The number of carbonyl (C=O) groups is 1. The molecule has 0 unspecified atom stereocenters. The fourth-order valence-corrected chi connectivity index (χ4v) is 2.49. The number of hydrogen-bond acceptors (Lipinski definition) is 4. The quantitative estimate of drug-likeness (QED) is 0.844. The Balaban J connectivity index is 3.22. The predicted octanol–water partition coefficient (Wildman–Crippen LogP) is 0.976. The van der Waals surface area contributed by atoms with Gasteiger partial charge in [0, 0.05) is 7.05 Å². The van der Waals surface area contributed by atoms with Crippen molar-refractivity contribution in [3.63, 3.8) is 0 Å². The van der Waals surface area contributed by atoms with Gasteiger partial charge in [0.1, 0.15) is 11.3 Å². The normalized spacial score (nSPS) is 12.1. The van der Waals surface area contributed by atoms with Crippen molar-refractivity contribution in [1.82, 2.24) is 4.31 Å². The van der Waals surface area contributed by atoms with Crippen molar-refractivity contribution < 1.29 is 32.2 Å². The van der Waals surface area contributed by atoms with E-state index in [0.717, 1.165) is 25.2 Å². The average molecular weight is 295 g/mol. The Kier molecular flexibility index (Phi) is 4.43. The molecule has 1 aromatic carbocycles. The summed E-state index contributed by atoms with van der Waals surface area (Å²) in [4.78, 5) is 10.3. The van der Waals surface area contributed by atoms with Gasteiger partial charge in [-0.1, -0.05) is 0 Å². The first kappa shape index (κ1) is 15.3. The molecule has 1 rings (SSSR count). The number of carboxylic acid groups (broad SMARTS) is 1. The summed E-state index contributed by atoms with van der Waals surface area (Å²) in [6, 6.07) is 2.54. The Morgan fingerprint density at radius 3 is 2.47 bits per heavy atom. The highest BCUT2D eigenvalue weighted by Gasteiger charge is 2.25. The van der Waals surface area contributed by atoms with Crippen LogP contribution in [0.5, 0.6) is 5.75 Å². The molecule has 0 aliphatic rings. The van der Waals surface area contributed by atoms with Gasteiger partial charge in [-0.15, -0.1) is 0 Å². The lowest BCUT2D eigenvalue weighted by Crippen LogP contribution is -2.31. The van der Waals surface area contributed by atoms with Crippen molar-refractivity contribution in [3.05, 3.63) is 23.8 Å². The zero-order valence-corrected chi connectivity index (χ0v) is 10.6. The van der Waals surface area contributed by atoms with E-state index < -0.39 is 45.2 Å². The number of rotatable bonds is 5. The fraction of sp³-hybridized carbons (Fsp3) is 0.300. The summed E-state index contributed by atoms with van der Waals surface area (Å²) < 4.78 is 48.5. The molecule has 9 heteroatoms. The summed E-state index contributed by atoms with van der Waals surface area (Å²) in [6.07, 6.45) is -2.85. The van der Waals surface area contributed by atoms with Gasteiger partial charge in [0.25, 0.3) is 6.43 Å².